The second-order valence-electron chi connectivity index (χ2n) is 4.39. The third-order valence-corrected chi connectivity index (χ3v) is 3.06. The summed E-state index contributed by atoms with van der Waals surface area (Å²) in [7, 11) is 0. The van der Waals surface area contributed by atoms with Crippen LogP contribution in [0.5, 0.6) is 5.75 Å². The second-order valence-corrected chi connectivity index (χ2v) is 4.39. The zero-order chi connectivity index (χ0) is 13.0. The van der Waals surface area contributed by atoms with Gasteiger partial charge in [-0.05, 0) is 31.4 Å². The van der Waals surface area contributed by atoms with Gasteiger partial charge in [0.15, 0.2) is 0 Å². The largest absolute Gasteiger partial charge is 0.481 e. The molecule has 18 heavy (non-hydrogen) atoms. The Labute approximate surface area is 105 Å². The number of carbonyl (C=O) groups is 2. The van der Waals surface area contributed by atoms with Crippen LogP contribution in [0.1, 0.15) is 19.3 Å². The fourth-order valence-corrected chi connectivity index (χ4v) is 2.13. The molecule has 5 heteroatoms. The van der Waals surface area contributed by atoms with Gasteiger partial charge in [0.05, 0.1) is 5.92 Å². The van der Waals surface area contributed by atoms with Crippen molar-refractivity contribution in [2.45, 2.75) is 25.3 Å². The summed E-state index contributed by atoms with van der Waals surface area (Å²) in [6.07, 6.45) is 1.23. The normalized spacial score (nSPS) is 22.4. The molecular weight excluding hydrogens is 234 g/mol. The van der Waals surface area contributed by atoms with Crippen molar-refractivity contribution in [3.63, 3.8) is 0 Å². The number of aliphatic carboxylic acids is 1. The van der Waals surface area contributed by atoms with Gasteiger partial charge in [0.1, 0.15) is 5.75 Å². The van der Waals surface area contributed by atoms with Crippen LogP contribution in [0, 0.1) is 5.92 Å². The van der Waals surface area contributed by atoms with Crippen LogP contribution < -0.4 is 10.1 Å². The van der Waals surface area contributed by atoms with Crippen LogP contribution >= 0.6 is 0 Å². The Morgan fingerprint density at radius 1 is 1.22 bits per heavy atom. The number of ether oxygens (including phenoxy) is 1. The number of rotatable bonds is 3. The first-order valence-electron chi connectivity index (χ1n) is 5.91. The number of carboxylic acids is 1. The molecule has 1 aromatic rings. The highest BCUT2D eigenvalue weighted by Crippen LogP contribution is 2.25. The van der Waals surface area contributed by atoms with Crippen LogP contribution in [0.15, 0.2) is 30.3 Å². The van der Waals surface area contributed by atoms with Gasteiger partial charge in [0, 0.05) is 6.04 Å². The van der Waals surface area contributed by atoms with Crippen molar-refractivity contribution in [2.24, 2.45) is 5.92 Å². The third-order valence-electron chi connectivity index (χ3n) is 3.06. The lowest BCUT2D eigenvalue weighted by Crippen LogP contribution is -2.35. The molecule has 1 aliphatic rings. The molecule has 1 aliphatic carbocycles. The van der Waals surface area contributed by atoms with E-state index >= 15 is 0 Å². The average Bonchev–Trinajstić information content (AvgIpc) is 2.78. The van der Waals surface area contributed by atoms with Gasteiger partial charge in [-0.25, -0.2) is 4.79 Å². The Kier molecular flexibility index (Phi) is 3.82. The second kappa shape index (κ2) is 5.53. The van der Waals surface area contributed by atoms with Crippen LogP contribution in [0.3, 0.4) is 0 Å². The fourth-order valence-electron chi connectivity index (χ4n) is 2.13. The molecule has 1 aromatic carbocycles. The summed E-state index contributed by atoms with van der Waals surface area (Å²) >= 11 is 0. The van der Waals surface area contributed by atoms with Crippen molar-refractivity contribution < 1.29 is 19.4 Å². The molecule has 0 aliphatic heterocycles. The monoisotopic (exact) mass is 249 g/mol. The fraction of sp³-hybridized carbons (Fsp3) is 0.385. The summed E-state index contributed by atoms with van der Waals surface area (Å²) in [5.74, 6) is -0.675. The van der Waals surface area contributed by atoms with Gasteiger partial charge in [-0.2, -0.15) is 0 Å². The molecule has 0 aromatic heterocycles. The molecule has 5 nitrogen and oxygen atoms in total. The maximum absolute atomic E-state index is 11.6. The number of amides is 1. The minimum absolute atomic E-state index is 0.109. The van der Waals surface area contributed by atoms with E-state index in [0.29, 0.717) is 25.0 Å². The Bertz CT molecular complexity index is 432. The molecule has 1 saturated carbocycles. The van der Waals surface area contributed by atoms with Crippen LogP contribution in [0.4, 0.5) is 4.79 Å². The van der Waals surface area contributed by atoms with E-state index in [4.69, 9.17) is 9.84 Å². The lowest BCUT2D eigenvalue weighted by Gasteiger charge is -2.12. The predicted octanol–water partition coefficient (Wildman–Crippen LogP) is 2.03. The van der Waals surface area contributed by atoms with Gasteiger partial charge in [0.25, 0.3) is 0 Å². The molecule has 0 spiro atoms. The summed E-state index contributed by atoms with van der Waals surface area (Å²) in [5, 5.41) is 11.5. The summed E-state index contributed by atoms with van der Waals surface area (Å²) in [4.78, 5) is 22.3. The number of carbonyl (C=O) groups excluding carboxylic acids is 1. The SMILES string of the molecule is O=C(NC1CCC(C(=O)O)C1)Oc1ccccc1. The van der Waals surface area contributed by atoms with Gasteiger partial charge in [-0.15, -0.1) is 0 Å². The number of nitrogens with one attached hydrogen (secondary N) is 1. The van der Waals surface area contributed by atoms with E-state index in [9.17, 15) is 9.59 Å². The summed E-state index contributed by atoms with van der Waals surface area (Å²) in [6, 6.07) is 8.65. The van der Waals surface area contributed by atoms with Gasteiger partial charge in [-0.1, -0.05) is 18.2 Å². The van der Waals surface area contributed by atoms with Crippen LogP contribution in [0.2, 0.25) is 0 Å². The molecule has 2 unspecified atom stereocenters. The predicted molar refractivity (Wildman–Crippen MR) is 64.4 cm³/mol. The van der Waals surface area contributed by atoms with E-state index in [1.165, 1.54) is 0 Å². The van der Waals surface area contributed by atoms with Gasteiger partial charge in [0.2, 0.25) is 0 Å². The zero-order valence-electron chi connectivity index (χ0n) is 9.83. The maximum atomic E-state index is 11.6. The first-order valence-corrected chi connectivity index (χ1v) is 5.91. The van der Waals surface area contributed by atoms with E-state index < -0.39 is 12.1 Å². The molecular formula is C13H15NO4. The minimum Gasteiger partial charge on any atom is -0.481 e. The van der Waals surface area contributed by atoms with Crippen molar-refractivity contribution >= 4 is 12.1 Å². The zero-order valence-corrected chi connectivity index (χ0v) is 9.83. The van der Waals surface area contributed by atoms with E-state index in [-0.39, 0.29) is 12.0 Å². The van der Waals surface area contributed by atoms with Crippen molar-refractivity contribution in [3.05, 3.63) is 30.3 Å². The Hall–Kier alpha value is -2.04. The first-order chi connectivity index (χ1) is 8.65. The Morgan fingerprint density at radius 3 is 2.56 bits per heavy atom. The highest BCUT2D eigenvalue weighted by molar-refractivity contribution is 5.72. The lowest BCUT2D eigenvalue weighted by molar-refractivity contribution is -0.141. The summed E-state index contributed by atoms with van der Waals surface area (Å²) in [6.45, 7) is 0. The van der Waals surface area contributed by atoms with E-state index in [2.05, 4.69) is 5.32 Å². The summed E-state index contributed by atoms with van der Waals surface area (Å²) < 4.78 is 5.07. The van der Waals surface area contributed by atoms with Gasteiger partial charge < -0.3 is 15.2 Å². The highest BCUT2D eigenvalue weighted by Gasteiger charge is 2.30. The Balaban J connectivity index is 1.80. The molecule has 0 saturated heterocycles. The molecule has 96 valence electrons. The van der Waals surface area contributed by atoms with Gasteiger partial charge >= 0.3 is 12.1 Å². The number of carboxylic acid groups (broad SMARTS) is 1. The molecule has 0 radical (unpaired) electrons. The van der Waals surface area contributed by atoms with Crippen molar-refractivity contribution in [3.8, 4) is 5.75 Å². The average molecular weight is 249 g/mol. The molecule has 1 amide bonds. The maximum Gasteiger partial charge on any atom is 0.412 e. The minimum atomic E-state index is -0.796. The topological polar surface area (TPSA) is 75.6 Å². The van der Waals surface area contributed by atoms with Crippen LogP contribution in [-0.4, -0.2) is 23.2 Å². The standard InChI is InChI=1S/C13H15NO4/c15-12(16)9-6-7-10(8-9)14-13(17)18-11-4-2-1-3-5-11/h1-5,9-10H,6-8H2,(H,14,17)(H,15,16). The van der Waals surface area contributed by atoms with Crippen molar-refractivity contribution in [2.75, 3.05) is 0 Å². The first kappa shape index (κ1) is 12.4. The van der Waals surface area contributed by atoms with Gasteiger partial charge in [-0.3, -0.25) is 4.79 Å². The van der Waals surface area contributed by atoms with E-state index in [1.54, 1.807) is 24.3 Å². The Morgan fingerprint density at radius 2 is 1.94 bits per heavy atom. The number of hydrogen-bond acceptors (Lipinski definition) is 3. The lowest BCUT2D eigenvalue weighted by atomic mass is 10.1. The number of para-hydroxylation sites is 1. The molecule has 2 rings (SSSR count). The molecule has 0 heterocycles. The highest BCUT2D eigenvalue weighted by atomic mass is 16.6. The van der Waals surface area contributed by atoms with Crippen LogP contribution in [0.25, 0.3) is 0 Å². The quantitative estimate of drug-likeness (QED) is 0.859. The molecule has 2 atom stereocenters. The smallest absolute Gasteiger partial charge is 0.412 e. The third kappa shape index (κ3) is 3.23. The van der Waals surface area contributed by atoms with Crippen LogP contribution in [-0.2, 0) is 4.79 Å². The molecule has 0 bridgehead atoms. The van der Waals surface area contributed by atoms with E-state index in [1.807, 2.05) is 6.07 Å². The van der Waals surface area contributed by atoms with E-state index in [0.717, 1.165) is 0 Å². The molecule has 1 fully saturated rings. The van der Waals surface area contributed by atoms with Crippen molar-refractivity contribution in [1.29, 1.82) is 0 Å². The molecule has 2 N–H and O–H groups in total. The number of hydrogen-bond donors (Lipinski definition) is 2. The number of benzene rings is 1. The summed E-state index contributed by atoms with van der Waals surface area (Å²) in [5.41, 5.74) is 0. The van der Waals surface area contributed by atoms with Crippen molar-refractivity contribution in [1.82, 2.24) is 5.32 Å².